The van der Waals surface area contributed by atoms with E-state index in [2.05, 4.69) is 44.4 Å². The summed E-state index contributed by atoms with van der Waals surface area (Å²) in [4.78, 5) is 94.6. The molecular formula is C27H43N10O17P3S. The highest BCUT2D eigenvalue weighted by Crippen LogP contribution is 2.61. The van der Waals surface area contributed by atoms with Crippen LogP contribution in [-0.2, 0) is 57.1 Å². The Kier molecular flexibility index (Phi) is 16.2. The zero-order chi connectivity index (χ0) is 43.1. The molecule has 1 aliphatic rings. The van der Waals surface area contributed by atoms with E-state index in [4.69, 9.17) is 25.3 Å². The molecule has 0 aliphatic carbocycles. The molecule has 8 atom stereocenters. The van der Waals surface area contributed by atoms with Gasteiger partial charge in [0.25, 0.3) is 0 Å². The molecule has 7 unspecified atom stereocenters. The summed E-state index contributed by atoms with van der Waals surface area (Å²) in [6, 6.07) is -0.766. The van der Waals surface area contributed by atoms with Crippen LogP contribution in [0.1, 0.15) is 32.2 Å². The molecule has 13 N–H and O–H groups in total. The standard InChI is InChI=1S/C27H43N10O17P3S/c1-27(2,21(40)24(41)32-4-3-17(38)31-5-6-58-26(42)15(28)7-14-8-30-11-33-14)10-51-57(48,49)54-56(46,47)50-9-16-20(53-55(43,44)45)19(39)25(52-16)37-13-36-18-22(29)34-12-35-23(18)37/h8,11-13,15-16,19-21,25,39-40H,3-7,9-10,28H2,1-2H3,(H,30,33)(H,31,38)(H,32,41)(H,46,47)(H,48,49)(H2,29,34,35)(H2,43,44,45)/t15-,16?,19?,20?,21?,25?/m0/s1. The van der Waals surface area contributed by atoms with Gasteiger partial charge in [-0.2, -0.15) is 4.31 Å². The number of rotatable bonds is 22. The SMILES string of the molecule is CC(C)(COP(=O)(O)OP(=O)(O)OCC1OC(n2cnc3c(N)ncnc32)C(O)C1OP(=O)(O)O)C(O)C(=O)NCCC(=O)NCCSC(=O)[C@@H](N)Cc1cnc[nH]1. The number of nitrogens with one attached hydrogen (secondary N) is 3. The molecule has 4 rings (SSSR count). The van der Waals surface area contributed by atoms with Gasteiger partial charge in [0.1, 0.15) is 36.3 Å². The Morgan fingerprint density at radius 3 is 2.47 bits per heavy atom. The van der Waals surface area contributed by atoms with Crippen LogP contribution in [0.25, 0.3) is 11.2 Å². The van der Waals surface area contributed by atoms with Crippen LogP contribution >= 0.6 is 35.2 Å². The number of nitrogen functional groups attached to an aromatic ring is 1. The summed E-state index contributed by atoms with van der Waals surface area (Å²) in [6.07, 6.45) is -3.72. The number of carbonyl (C=O) groups is 3. The van der Waals surface area contributed by atoms with E-state index in [1.165, 1.54) is 20.2 Å². The Morgan fingerprint density at radius 1 is 1.09 bits per heavy atom. The predicted octanol–water partition coefficient (Wildman–Crippen LogP) is -2.04. The number of fused-ring (bicyclic) bond motifs is 1. The van der Waals surface area contributed by atoms with Crippen molar-refractivity contribution in [2.24, 2.45) is 11.1 Å². The Labute approximate surface area is 332 Å². The summed E-state index contributed by atoms with van der Waals surface area (Å²) < 4.78 is 62.1. The fourth-order valence-corrected chi connectivity index (χ4v) is 8.64. The van der Waals surface area contributed by atoms with Gasteiger partial charge in [0.2, 0.25) is 16.9 Å². The molecule has 0 bridgehead atoms. The number of phosphoric ester groups is 3. The number of phosphoric acid groups is 3. The Morgan fingerprint density at radius 2 is 1.79 bits per heavy atom. The number of hydrogen-bond acceptors (Lipinski definition) is 20. The molecule has 0 saturated carbocycles. The number of amides is 2. The topological polar surface area (TPSA) is 418 Å². The summed E-state index contributed by atoms with van der Waals surface area (Å²) in [6.45, 7) is 0.339. The number of nitrogens with two attached hydrogens (primary N) is 2. The molecule has 0 aromatic carbocycles. The van der Waals surface area contributed by atoms with E-state index < -0.39 is 90.6 Å². The maximum absolute atomic E-state index is 12.7. The van der Waals surface area contributed by atoms with E-state index in [1.807, 2.05) is 0 Å². The smallest absolute Gasteiger partial charge is 0.386 e. The van der Waals surface area contributed by atoms with Gasteiger partial charge in [-0.3, -0.25) is 32.5 Å². The highest BCUT2D eigenvalue weighted by Gasteiger charge is 2.50. The number of anilines is 1. The number of H-pyrrole nitrogens is 1. The maximum Gasteiger partial charge on any atom is 0.481 e. The lowest BCUT2D eigenvalue weighted by atomic mass is 9.87. The normalized spacial score (nSPS) is 21.9. The van der Waals surface area contributed by atoms with E-state index in [1.54, 1.807) is 6.20 Å². The van der Waals surface area contributed by atoms with E-state index in [-0.39, 0.29) is 53.8 Å². The van der Waals surface area contributed by atoms with Crippen molar-refractivity contribution in [3.8, 4) is 0 Å². The first-order valence-electron chi connectivity index (χ1n) is 16.8. The average molecular weight is 905 g/mol. The number of thioether (sulfide) groups is 1. The van der Waals surface area contributed by atoms with Crippen LogP contribution in [0.3, 0.4) is 0 Å². The molecule has 0 spiro atoms. The van der Waals surface area contributed by atoms with Crippen molar-refractivity contribution in [1.82, 2.24) is 40.1 Å². The van der Waals surface area contributed by atoms with Crippen LogP contribution in [0.2, 0.25) is 0 Å². The van der Waals surface area contributed by atoms with Gasteiger partial charge < -0.3 is 61.6 Å². The highest BCUT2D eigenvalue weighted by molar-refractivity contribution is 8.13. The number of ether oxygens (including phenoxy) is 1. The van der Waals surface area contributed by atoms with Crippen molar-refractivity contribution in [1.29, 1.82) is 0 Å². The Hall–Kier alpha value is -3.27. The fourth-order valence-electron chi connectivity index (χ4n) is 5.11. The number of aliphatic hydroxyl groups is 2. The quantitative estimate of drug-likeness (QED) is 0.0382. The Bertz CT molecular complexity index is 2040. The summed E-state index contributed by atoms with van der Waals surface area (Å²) in [5.41, 5.74) is 10.8. The van der Waals surface area contributed by atoms with Gasteiger partial charge >= 0.3 is 23.5 Å². The molecule has 1 aliphatic heterocycles. The first kappa shape index (κ1) is 47.4. The lowest BCUT2D eigenvalue weighted by Gasteiger charge is -2.30. The predicted molar refractivity (Wildman–Crippen MR) is 197 cm³/mol. The van der Waals surface area contributed by atoms with Crippen molar-refractivity contribution < 1.29 is 80.5 Å². The number of hydrogen-bond donors (Lipinski definition) is 11. The molecule has 1 saturated heterocycles. The number of imidazole rings is 2. The maximum atomic E-state index is 12.7. The number of carbonyl (C=O) groups excluding carboxylic acids is 3. The lowest BCUT2D eigenvalue weighted by Crippen LogP contribution is -2.46. The largest absolute Gasteiger partial charge is 0.481 e. The van der Waals surface area contributed by atoms with E-state index in [0.717, 1.165) is 29.0 Å². The molecular weight excluding hydrogens is 861 g/mol. The van der Waals surface area contributed by atoms with Crippen molar-refractivity contribution >= 4 is 69.1 Å². The van der Waals surface area contributed by atoms with Gasteiger partial charge in [0.15, 0.2) is 17.7 Å². The van der Waals surface area contributed by atoms with Crippen molar-refractivity contribution in [3.05, 3.63) is 30.9 Å². The summed E-state index contributed by atoms with van der Waals surface area (Å²) in [5, 5.41) is 26.1. The molecule has 58 heavy (non-hydrogen) atoms. The van der Waals surface area contributed by atoms with E-state index in [9.17, 15) is 57.9 Å². The average Bonchev–Trinajstić information content (AvgIpc) is 3.87. The molecule has 324 valence electrons. The van der Waals surface area contributed by atoms with Crippen LogP contribution in [0.4, 0.5) is 5.82 Å². The van der Waals surface area contributed by atoms with Crippen LogP contribution in [-0.4, -0.2) is 139 Å². The van der Waals surface area contributed by atoms with E-state index >= 15 is 0 Å². The van der Waals surface area contributed by atoms with Crippen molar-refractivity contribution in [2.45, 2.75) is 63.4 Å². The second-order valence-corrected chi connectivity index (χ2v) is 18.5. The molecule has 1 fully saturated rings. The van der Waals surface area contributed by atoms with E-state index in [0.29, 0.717) is 5.69 Å². The van der Waals surface area contributed by atoms with Gasteiger partial charge in [-0.1, -0.05) is 25.6 Å². The monoisotopic (exact) mass is 904 g/mol. The first-order chi connectivity index (χ1) is 27.0. The van der Waals surface area contributed by atoms with Crippen LogP contribution in [0.5, 0.6) is 0 Å². The molecule has 31 heteroatoms. The van der Waals surface area contributed by atoms with Gasteiger partial charge in [0.05, 0.1) is 31.9 Å². The third-order valence-electron chi connectivity index (χ3n) is 8.04. The number of nitrogens with zero attached hydrogens (tertiary/aromatic N) is 5. The number of aromatic nitrogens is 6. The zero-order valence-electron chi connectivity index (χ0n) is 30.5. The van der Waals surface area contributed by atoms with Crippen molar-refractivity contribution in [3.63, 3.8) is 0 Å². The second-order valence-electron chi connectivity index (χ2n) is 13.1. The molecule has 3 aromatic heterocycles. The minimum Gasteiger partial charge on any atom is -0.386 e. The summed E-state index contributed by atoms with van der Waals surface area (Å²) >= 11 is 0.941. The summed E-state index contributed by atoms with van der Waals surface area (Å²) in [5.74, 6) is -1.28. The van der Waals surface area contributed by atoms with Crippen molar-refractivity contribution in [2.75, 3.05) is 37.8 Å². The minimum atomic E-state index is -5.58. The summed E-state index contributed by atoms with van der Waals surface area (Å²) in [7, 11) is -16.4. The molecule has 27 nitrogen and oxygen atoms in total. The first-order valence-corrected chi connectivity index (χ1v) is 22.3. The van der Waals surface area contributed by atoms with Crippen LogP contribution in [0.15, 0.2) is 25.2 Å². The van der Waals surface area contributed by atoms with Gasteiger partial charge in [-0.15, -0.1) is 0 Å². The third-order valence-corrected chi connectivity index (χ3v) is 12.1. The van der Waals surface area contributed by atoms with Gasteiger partial charge in [0, 0.05) is 49.0 Å². The second kappa shape index (κ2) is 19.9. The zero-order valence-corrected chi connectivity index (χ0v) is 34.0. The van der Waals surface area contributed by atoms with Crippen LogP contribution < -0.4 is 22.1 Å². The van der Waals surface area contributed by atoms with Gasteiger partial charge in [-0.05, 0) is 0 Å². The molecule has 2 amide bonds. The van der Waals surface area contributed by atoms with Gasteiger partial charge in [-0.25, -0.2) is 33.6 Å². The molecule has 0 radical (unpaired) electrons. The third kappa shape index (κ3) is 13.6. The Balaban J connectivity index is 1.21. The molecule has 4 heterocycles. The fraction of sp³-hybridized carbons (Fsp3) is 0.593. The minimum absolute atomic E-state index is 0.0254. The van der Waals surface area contributed by atoms with Crippen LogP contribution in [0, 0.1) is 5.41 Å². The molecule has 3 aromatic rings. The lowest BCUT2D eigenvalue weighted by molar-refractivity contribution is -0.137. The highest BCUT2D eigenvalue weighted by atomic mass is 32.2. The number of aliphatic hydroxyl groups excluding tert-OH is 2. The number of aromatic amines is 1.